The van der Waals surface area contributed by atoms with Crippen molar-refractivity contribution in [1.29, 1.82) is 0 Å². The summed E-state index contributed by atoms with van der Waals surface area (Å²) >= 11 is 1.77. The fourth-order valence-corrected chi connectivity index (χ4v) is 2.58. The van der Waals surface area contributed by atoms with Gasteiger partial charge in [-0.05, 0) is 36.6 Å². The van der Waals surface area contributed by atoms with Gasteiger partial charge in [-0.25, -0.2) is 0 Å². The monoisotopic (exact) mass is 304 g/mol. The molecule has 2 N–H and O–H groups in total. The van der Waals surface area contributed by atoms with Gasteiger partial charge in [-0.3, -0.25) is 0 Å². The molecule has 0 aromatic heterocycles. The number of hydrogen-bond donors (Lipinski definition) is 1. The Kier molecular flexibility index (Phi) is 5.96. The summed E-state index contributed by atoms with van der Waals surface area (Å²) in [6, 6.07) is 14.8. The molecule has 4 heteroatoms. The van der Waals surface area contributed by atoms with E-state index in [-0.39, 0.29) is 0 Å². The highest BCUT2D eigenvalue weighted by atomic mass is 32.2. The third-order valence-electron chi connectivity index (χ3n) is 3.37. The van der Waals surface area contributed by atoms with E-state index in [2.05, 4.69) is 41.9 Å². The molecule has 0 heterocycles. The fourth-order valence-electron chi connectivity index (χ4n) is 2.17. The molecule has 0 amide bonds. The second kappa shape index (κ2) is 7.96. The van der Waals surface area contributed by atoms with Gasteiger partial charge in [0, 0.05) is 16.0 Å². The summed E-state index contributed by atoms with van der Waals surface area (Å²) in [6.07, 6.45) is 2.10. The molecule has 3 nitrogen and oxygen atoms in total. The SMILES string of the molecule is COc1ccc(C[NH2+]Cc2ccc(SC)cc2)cc1OC. The van der Waals surface area contributed by atoms with E-state index < -0.39 is 0 Å². The largest absolute Gasteiger partial charge is 0.493 e. The standard InChI is InChI=1S/C17H21NO2S/c1-19-16-9-6-14(10-17(16)20-2)12-18-11-13-4-7-15(21-3)8-5-13/h4-10,18H,11-12H2,1-3H3/p+1. The van der Waals surface area contributed by atoms with E-state index in [1.807, 2.05) is 12.1 Å². The van der Waals surface area contributed by atoms with Crippen LogP contribution >= 0.6 is 11.8 Å². The van der Waals surface area contributed by atoms with E-state index in [1.165, 1.54) is 16.0 Å². The second-order valence-electron chi connectivity index (χ2n) is 4.73. The highest BCUT2D eigenvalue weighted by molar-refractivity contribution is 7.98. The molecule has 0 bridgehead atoms. The summed E-state index contributed by atoms with van der Waals surface area (Å²) in [4.78, 5) is 1.30. The molecule has 112 valence electrons. The van der Waals surface area contributed by atoms with Gasteiger partial charge in [0.05, 0.1) is 14.2 Å². The number of quaternary nitrogens is 1. The molecular weight excluding hydrogens is 282 g/mol. The number of nitrogens with two attached hydrogens (primary N) is 1. The van der Waals surface area contributed by atoms with Gasteiger partial charge in [-0.1, -0.05) is 12.1 Å². The van der Waals surface area contributed by atoms with Crippen molar-refractivity contribution < 1.29 is 14.8 Å². The van der Waals surface area contributed by atoms with Crippen molar-refractivity contribution in [3.8, 4) is 11.5 Å². The summed E-state index contributed by atoms with van der Waals surface area (Å²) in [5.41, 5.74) is 2.57. The molecule has 0 atom stereocenters. The Morgan fingerprint density at radius 1 is 0.857 bits per heavy atom. The third-order valence-corrected chi connectivity index (χ3v) is 4.11. The number of methoxy groups -OCH3 is 2. The summed E-state index contributed by atoms with van der Waals surface area (Å²) in [7, 11) is 3.32. The minimum atomic E-state index is 0.772. The molecule has 0 spiro atoms. The van der Waals surface area contributed by atoms with E-state index in [9.17, 15) is 0 Å². The van der Waals surface area contributed by atoms with E-state index in [0.717, 1.165) is 24.6 Å². The van der Waals surface area contributed by atoms with Crippen LogP contribution in [0, 0.1) is 0 Å². The predicted octanol–water partition coefficient (Wildman–Crippen LogP) is 2.69. The van der Waals surface area contributed by atoms with Crippen LogP contribution < -0.4 is 14.8 Å². The van der Waals surface area contributed by atoms with Gasteiger partial charge < -0.3 is 14.8 Å². The molecule has 21 heavy (non-hydrogen) atoms. The van der Waals surface area contributed by atoms with Crippen LogP contribution in [0.2, 0.25) is 0 Å². The number of benzene rings is 2. The highest BCUT2D eigenvalue weighted by Gasteiger charge is 2.05. The quantitative estimate of drug-likeness (QED) is 0.799. The maximum absolute atomic E-state index is 5.33. The summed E-state index contributed by atoms with van der Waals surface area (Å²) in [6.45, 7) is 1.90. The highest BCUT2D eigenvalue weighted by Crippen LogP contribution is 2.27. The molecule has 2 aromatic rings. The van der Waals surface area contributed by atoms with Crippen LogP contribution in [0.1, 0.15) is 11.1 Å². The summed E-state index contributed by atoms with van der Waals surface area (Å²) in [5, 5.41) is 2.29. The van der Waals surface area contributed by atoms with Gasteiger partial charge >= 0.3 is 0 Å². The van der Waals surface area contributed by atoms with Crippen molar-refractivity contribution in [2.24, 2.45) is 0 Å². The van der Waals surface area contributed by atoms with Crippen LogP contribution in [-0.4, -0.2) is 20.5 Å². The smallest absolute Gasteiger partial charge is 0.161 e. The number of hydrogen-bond acceptors (Lipinski definition) is 3. The van der Waals surface area contributed by atoms with Crippen molar-refractivity contribution in [3.05, 3.63) is 53.6 Å². The zero-order chi connectivity index (χ0) is 15.1. The molecule has 0 fully saturated rings. The van der Waals surface area contributed by atoms with Crippen LogP contribution in [0.5, 0.6) is 11.5 Å². The molecular formula is C17H22NO2S+. The Labute approximate surface area is 130 Å². The molecule has 2 rings (SSSR count). The molecule has 0 saturated carbocycles. The van der Waals surface area contributed by atoms with Gasteiger partial charge in [0.2, 0.25) is 0 Å². The lowest BCUT2D eigenvalue weighted by Crippen LogP contribution is -2.80. The average molecular weight is 304 g/mol. The number of thioether (sulfide) groups is 1. The summed E-state index contributed by atoms with van der Waals surface area (Å²) < 4.78 is 10.6. The Bertz CT molecular complexity index is 570. The van der Waals surface area contributed by atoms with Gasteiger partial charge in [0.1, 0.15) is 13.1 Å². The number of ether oxygens (including phenoxy) is 2. The van der Waals surface area contributed by atoms with Gasteiger partial charge in [-0.2, -0.15) is 0 Å². The van der Waals surface area contributed by atoms with Crippen LogP contribution in [-0.2, 0) is 13.1 Å². The third kappa shape index (κ3) is 4.41. The average Bonchev–Trinajstić information content (AvgIpc) is 2.55. The second-order valence-corrected chi connectivity index (χ2v) is 5.61. The lowest BCUT2D eigenvalue weighted by molar-refractivity contribution is -0.686. The molecule has 0 aliphatic carbocycles. The molecule has 0 radical (unpaired) electrons. The Morgan fingerprint density at radius 3 is 2.10 bits per heavy atom. The van der Waals surface area contributed by atoms with Crippen molar-refractivity contribution in [2.75, 3.05) is 20.5 Å². The number of rotatable bonds is 7. The van der Waals surface area contributed by atoms with Gasteiger partial charge in [0.15, 0.2) is 11.5 Å². The van der Waals surface area contributed by atoms with Crippen LogP contribution in [0.3, 0.4) is 0 Å². The van der Waals surface area contributed by atoms with E-state index in [0.29, 0.717) is 0 Å². The summed E-state index contributed by atoms with van der Waals surface area (Å²) in [5.74, 6) is 1.56. The molecule has 0 aliphatic heterocycles. The van der Waals surface area contributed by atoms with Crippen molar-refractivity contribution in [2.45, 2.75) is 18.0 Å². The normalized spacial score (nSPS) is 10.4. The molecule has 0 saturated heterocycles. The topological polar surface area (TPSA) is 35.1 Å². The molecule has 0 aliphatic rings. The Balaban J connectivity index is 1.90. The van der Waals surface area contributed by atoms with Crippen molar-refractivity contribution in [1.82, 2.24) is 0 Å². The lowest BCUT2D eigenvalue weighted by Gasteiger charge is -2.09. The van der Waals surface area contributed by atoms with E-state index >= 15 is 0 Å². The minimum Gasteiger partial charge on any atom is -0.493 e. The van der Waals surface area contributed by atoms with Gasteiger partial charge in [-0.15, -0.1) is 11.8 Å². The van der Waals surface area contributed by atoms with E-state index in [1.54, 1.807) is 26.0 Å². The predicted molar refractivity (Wildman–Crippen MR) is 87.1 cm³/mol. The van der Waals surface area contributed by atoms with Crippen molar-refractivity contribution >= 4 is 11.8 Å². The van der Waals surface area contributed by atoms with Crippen LogP contribution in [0.4, 0.5) is 0 Å². The van der Waals surface area contributed by atoms with Gasteiger partial charge in [0.25, 0.3) is 0 Å². The molecule has 2 aromatic carbocycles. The van der Waals surface area contributed by atoms with Crippen molar-refractivity contribution in [3.63, 3.8) is 0 Å². The Hall–Kier alpha value is -1.65. The Morgan fingerprint density at radius 2 is 1.48 bits per heavy atom. The zero-order valence-corrected chi connectivity index (χ0v) is 13.6. The first-order chi connectivity index (χ1) is 10.3. The molecule has 0 unspecified atom stereocenters. The minimum absolute atomic E-state index is 0.772. The maximum atomic E-state index is 5.33. The first-order valence-electron chi connectivity index (χ1n) is 6.92. The lowest BCUT2D eigenvalue weighted by atomic mass is 10.2. The zero-order valence-electron chi connectivity index (χ0n) is 12.8. The van der Waals surface area contributed by atoms with E-state index in [4.69, 9.17) is 9.47 Å². The first kappa shape index (κ1) is 15.7. The fraction of sp³-hybridized carbons (Fsp3) is 0.294. The maximum Gasteiger partial charge on any atom is 0.161 e. The van der Waals surface area contributed by atoms with Crippen LogP contribution in [0.25, 0.3) is 0 Å². The first-order valence-corrected chi connectivity index (χ1v) is 8.14. The van der Waals surface area contributed by atoms with Crippen LogP contribution in [0.15, 0.2) is 47.4 Å².